The van der Waals surface area contributed by atoms with Gasteiger partial charge in [-0.3, -0.25) is 0 Å². The van der Waals surface area contributed by atoms with Gasteiger partial charge in [0.2, 0.25) is 0 Å². The van der Waals surface area contributed by atoms with Gasteiger partial charge in [0.25, 0.3) is 0 Å². The lowest BCUT2D eigenvalue weighted by Crippen LogP contribution is -2.19. The number of benzene rings is 2. The van der Waals surface area contributed by atoms with E-state index in [1.165, 1.54) is 18.2 Å². The summed E-state index contributed by atoms with van der Waals surface area (Å²) in [5.41, 5.74) is 1.06. The molecular weight excluding hydrogens is 305 g/mol. The predicted molar refractivity (Wildman–Crippen MR) is 73.4 cm³/mol. The molecule has 0 heterocycles. The zero-order valence-electron chi connectivity index (χ0n) is 11.0. The van der Waals surface area contributed by atoms with Crippen LogP contribution in [0.3, 0.4) is 0 Å². The number of para-hydroxylation sites is 1. The molecule has 2 nitrogen and oxygen atoms in total. The van der Waals surface area contributed by atoms with E-state index in [0.29, 0.717) is 16.1 Å². The molecule has 0 aromatic heterocycles. The van der Waals surface area contributed by atoms with Gasteiger partial charge in [-0.2, -0.15) is 0 Å². The Morgan fingerprint density at radius 3 is 2.33 bits per heavy atom. The maximum atomic E-state index is 12.4. The van der Waals surface area contributed by atoms with Crippen LogP contribution in [0.2, 0.25) is 5.02 Å². The van der Waals surface area contributed by atoms with Gasteiger partial charge >= 0.3 is 6.36 Å². The van der Waals surface area contributed by atoms with Crippen molar-refractivity contribution in [3.05, 3.63) is 64.2 Å². The van der Waals surface area contributed by atoms with Gasteiger partial charge in [-0.25, -0.2) is 0 Å². The van der Waals surface area contributed by atoms with Crippen LogP contribution < -0.4 is 4.74 Å². The fourth-order valence-electron chi connectivity index (χ4n) is 2.01. The zero-order valence-corrected chi connectivity index (χ0v) is 11.7. The van der Waals surface area contributed by atoms with Gasteiger partial charge in [-0.1, -0.05) is 41.9 Å². The Bertz CT molecular complexity index is 641. The standard InChI is InChI=1S/C15H12ClF3O2/c1-9-10(6-4-7-12(9)16)14(20)11-5-2-3-8-13(11)21-15(17,18)19/h2-8,14,20H,1H3. The second-order valence-electron chi connectivity index (χ2n) is 4.44. The molecule has 1 atom stereocenters. The Kier molecular flexibility index (Phi) is 4.44. The normalized spacial score (nSPS) is 13.0. The van der Waals surface area contributed by atoms with Crippen LogP contribution in [0.4, 0.5) is 13.2 Å². The average molecular weight is 317 g/mol. The molecule has 0 aliphatic rings. The summed E-state index contributed by atoms with van der Waals surface area (Å²) in [4.78, 5) is 0. The number of halogens is 4. The summed E-state index contributed by atoms with van der Waals surface area (Å²) < 4.78 is 41.2. The number of ether oxygens (including phenoxy) is 1. The summed E-state index contributed by atoms with van der Waals surface area (Å²) in [6, 6.07) is 10.4. The van der Waals surface area contributed by atoms with Crippen molar-refractivity contribution in [3.8, 4) is 5.75 Å². The van der Waals surface area contributed by atoms with Crippen LogP contribution in [0.15, 0.2) is 42.5 Å². The van der Waals surface area contributed by atoms with Gasteiger partial charge in [-0.15, -0.1) is 13.2 Å². The zero-order chi connectivity index (χ0) is 15.6. The maximum absolute atomic E-state index is 12.4. The third kappa shape index (κ3) is 3.68. The van der Waals surface area contributed by atoms with Crippen LogP contribution in [-0.2, 0) is 0 Å². The van der Waals surface area contributed by atoms with E-state index in [1.807, 2.05) is 0 Å². The molecule has 6 heteroatoms. The molecule has 0 aliphatic heterocycles. The van der Waals surface area contributed by atoms with E-state index >= 15 is 0 Å². The molecule has 0 saturated heterocycles. The molecule has 0 spiro atoms. The fraction of sp³-hybridized carbons (Fsp3) is 0.200. The third-order valence-corrected chi connectivity index (χ3v) is 3.45. The lowest BCUT2D eigenvalue weighted by molar-refractivity contribution is -0.275. The van der Waals surface area contributed by atoms with Crippen molar-refractivity contribution in [2.75, 3.05) is 0 Å². The molecule has 0 radical (unpaired) electrons. The van der Waals surface area contributed by atoms with E-state index in [2.05, 4.69) is 4.74 Å². The smallest absolute Gasteiger partial charge is 0.405 e. The highest BCUT2D eigenvalue weighted by Gasteiger charge is 2.33. The van der Waals surface area contributed by atoms with E-state index in [4.69, 9.17) is 11.6 Å². The minimum atomic E-state index is -4.82. The lowest BCUT2D eigenvalue weighted by Gasteiger charge is -2.19. The minimum Gasteiger partial charge on any atom is -0.405 e. The monoisotopic (exact) mass is 316 g/mol. The Morgan fingerprint density at radius 1 is 1.05 bits per heavy atom. The first-order valence-electron chi connectivity index (χ1n) is 6.07. The van der Waals surface area contributed by atoms with Crippen LogP contribution in [0, 0.1) is 6.92 Å². The van der Waals surface area contributed by atoms with Crippen LogP contribution in [0.5, 0.6) is 5.75 Å². The Morgan fingerprint density at radius 2 is 1.67 bits per heavy atom. The van der Waals surface area contributed by atoms with Crippen molar-refractivity contribution in [1.82, 2.24) is 0 Å². The molecular formula is C15H12ClF3O2. The number of rotatable bonds is 3. The van der Waals surface area contributed by atoms with Crippen LogP contribution in [0.25, 0.3) is 0 Å². The van der Waals surface area contributed by atoms with E-state index in [-0.39, 0.29) is 5.56 Å². The van der Waals surface area contributed by atoms with Crippen molar-refractivity contribution >= 4 is 11.6 Å². The molecule has 0 fully saturated rings. The second kappa shape index (κ2) is 5.95. The van der Waals surface area contributed by atoms with Crippen molar-refractivity contribution in [1.29, 1.82) is 0 Å². The molecule has 0 bridgehead atoms. The Balaban J connectivity index is 2.44. The highest BCUT2D eigenvalue weighted by Crippen LogP contribution is 2.35. The molecule has 21 heavy (non-hydrogen) atoms. The van der Waals surface area contributed by atoms with Gasteiger partial charge in [0, 0.05) is 10.6 Å². The number of alkyl halides is 3. The van der Waals surface area contributed by atoms with Gasteiger partial charge in [-0.05, 0) is 30.2 Å². The molecule has 1 N–H and O–H groups in total. The predicted octanol–water partition coefficient (Wildman–Crippen LogP) is 4.63. The first-order chi connectivity index (χ1) is 9.79. The Labute approximate surface area is 124 Å². The first-order valence-corrected chi connectivity index (χ1v) is 6.45. The highest BCUT2D eigenvalue weighted by atomic mass is 35.5. The van der Waals surface area contributed by atoms with Crippen molar-refractivity contribution < 1.29 is 23.0 Å². The van der Waals surface area contributed by atoms with Crippen molar-refractivity contribution in [2.45, 2.75) is 19.4 Å². The number of hydrogen-bond acceptors (Lipinski definition) is 2. The number of hydrogen-bond donors (Lipinski definition) is 1. The molecule has 112 valence electrons. The third-order valence-electron chi connectivity index (χ3n) is 3.04. The van der Waals surface area contributed by atoms with Crippen molar-refractivity contribution in [2.24, 2.45) is 0 Å². The highest BCUT2D eigenvalue weighted by molar-refractivity contribution is 6.31. The molecule has 0 aliphatic carbocycles. The quantitative estimate of drug-likeness (QED) is 0.894. The summed E-state index contributed by atoms with van der Waals surface area (Å²) in [6.45, 7) is 1.69. The summed E-state index contributed by atoms with van der Waals surface area (Å²) in [6.07, 6.45) is -6.08. The van der Waals surface area contributed by atoms with Gasteiger partial charge < -0.3 is 9.84 Å². The molecule has 0 amide bonds. The maximum Gasteiger partial charge on any atom is 0.573 e. The largest absolute Gasteiger partial charge is 0.573 e. The van der Waals surface area contributed by atoms with E-state index < -0.39 is 18.2 Å². The fourth-order valence-corrected chi connectivity index (χ4v) is 2.19. The number of aliphatic hydroxyl groups is 1. The Hall–Kier alpha value is -1.72. The van der Waals surface area contributed by atoms with Gasteiger partial charge in [0.05, 0.1) is 0 Å². The molecule has 1 unspecified atom stereocenters. The van der Waals surface area contributed by atoms with E-state index in [9.17, 15) is 18.3 Å². The second-order valence-corrected chi connectivity index (χ2v) is 4.85. The average Bonchev–Trinajstić information content (AvgIpc) is 2.40. The summed E-state index contributed by atoms with van der Waals surface area (Å²) in [7, 11) is 0. The number of aliphatic hydroxyl groups excluding tert-OH is 1. The van der Waals surface area contributed by atoms with Crippen molar-refractivity contribution in [3.63, 3.8) is 0 Å². The molecule has 0 saturated carbocycles. The molecule has 2 aromatic rings. The lowest BCUT2D eigenvalue weighted by atomic mass is 9.97. The summed E-state index contributed by atoms with van der Waals surface area (Å²) >= 11 is 5.97. The van der Waals surface area contributed by atoms with Gasteiger partial charge in [0.1, 0.15) is 11.9 Å². The summed E-state index contributed by atoms with van der Waals surface area (Å²) in [5, 5.41) is 10.8. The SMILES string of the molecule is Cc1c(Cl)cccc1C(O)c1ccccc1OC(F)(F)F. The topological polar surface area (TPSA) is 29.5 Å². The molecule has 2 rings (SSSR count). The summed E-state index contributed by atoms with van der Waals surface area (Å²) in [5.74, 6) is -0.433. The van der Waals surface area contributed by atoms with Gasteiger partial charge in [0.15, 0.2) is 0 Å². The van der Waals surface area contributed by atoms with Crippen LogP contribution >= 0.6 is 11.6 Å². The molecule has 2 aromatic carbocycles. The van der Waals surface area contributed by atoms with Crippen LogP contribution in [-0.4, -0.2) is 11.5 Å². The van der Waals surface area contributed by atoms with E-state index in [1.54, 1.807) is 25.1 Å². The van der Waals surface area contributed by atoms with E-state index in [0.717, 1.165) is 6.07 Å². The minimum absolute atomic E-state index is 0.0280. The van der Waals surface area contributed by atoms with Crippen LogP contribution in [0.1, 0.15) is 22.8 Å². The first kappa shape index (κ1) is 15.7.